The Morgan fingerprint density at radius 1 is 0.778 bits per heavy atom. The van der Waals surface area contributed by atoms with Gasteiger partial charge in [-0.15, -0.1) is 0 Å². The normalized spacial score (nSPS) is 10.4. The summed E-state index contributed by atoms with van der Waals surface area (Å²) in [4.78, 5) is 47.8. The van der Waals surface area contributed by atoms with Crippen molar-refractivity contribution in [3.8, 4) is 11.5 Å². The second-order valence-electron chi connectivity index (χ2n) is 7.47. The number of carbonyl (C=O) groups is 4. The van der Waals surface area contributed by atoms with Crippen molar-refractivity contribution in [1.29, 1.82) is 0 Å². The number of carboxylic acid groups (broad SMARTS) is 2. The summed E-state index contributed by atoms with van der Waals surface area (Å²) in [5.41, 5.74) is 0.793. The number of carboxylic acids is 2. The van der Waals surface area contributed by atoms with E-state index in [9.17, 15) is 29.4 Å². The van der Waals surface area contributed by atoms with Gasteiger partial charge in [-0.25, -0.2) is 19.2 Å². The van der Waals surface area contributed by atoms with E-state index in [0.717, 1.165) is 35.2 Å². The van der Waals surface area contributed by atoms with Gasteiger partial charge in [-0.05, 0) is 60.0 Å². The van der Waals surface area contributed by atoms with Crippen LogP contribution in [0.3, 0.4) is 0 Å². The molecular formula is C26H21BrO9. The second kappa shape index (κ2) is 11.5. The Bertz CT molecular complexity index is 1350. The molecule has 0 atom stereocenters. The Morgan fingerprint density at radius 3 is 1.94 bits per heavy atom. The summed E-state index contributed by atoms with van der Waals surface area (Å²) in [5.74, 6) is -4.30. The molecule has 0 fully saturated rings. The highest BCUT2D eigenvalue weighted by Gasteiger charge is 2.21. The number of benzene rings is 3. The summed E-state index contributed by atoms with van der Waals surface area (Å²) in [5, 5.41) is 18.9. The van der Waals surface area contributed by atoms with Crippen molar-refractivity contribution >= 4 is 39.8 Å². The molecule has 0 saturated carbocycles. The molecule has 9 nitrogen and oxygen atoms in total. The lowest BCUT2D eigenvalue weighted by molar-refractivity contribution is 0.0463. The van der Waals surface area contributed by atoms with Crippen LogP contribution in [0.4, 0.5) is 0 Å². The number of aromatic carboxylic acids is 2. The van der Waals surface area contributed by atoms with Crippen LogP contribution in [0.25, 0.3) is 0 Å². The number of hydrogen-bond acceptors (Lipinski definition) is 7. The molecule has 3 aromatic carbocycles. The molecule has 0 unspecified atom stereocenters. The van der Waals surface area contributed by atoms with Gasteiger partial charge in [0.1, 0.15) is 18.1 Å². The number of methoxy groups -OCH3 is 1. The first kappa shape index (κ1) is 26.4. The van der Waals surface area contributed by atoms with Crippen LogP contribution < -0.4 is 4.74 Å². The van der Waals surface area contributed by atoms with E-state index < -0.39 is 23.9 Å². The minimum absolute atomic E-state index is 0.0434. The number of esters is 2. The van der Waals surface area contributed by atoms with Crippen LogP contribution in [0, 0.1) is 0 Å². The number of ether oxygens (including phenoxy) is 3. The van der Waals surface area contributed by atoms with E-state index in [-0.39, 0.29) is 40.4 Å². The van der Waals surface area contributed by atoms with Crippen LogP contribution in [0.15, 0.2) is 59.1 Å². The molecule has 0 aromatic heterocycles. The molecule has 36 heavy (non-hydrogen) atoms. The molecule has 3 aromatic rings. The van der Waals surface area contributed by atoms with Crippen molar-refractivity contribution in [2.24, 2.45) is 0 Å². The quantitative estimate of drug-likeness (QED) is 0.334. The van der Waals surface area contributed by atoms with Crippen LogP contribution in [-0.2, 0) is 22.5 Å². The van der Waals surface area contributed by atoms with Gasteiger partial charge in [0.05, 0.1) is 29.4 Å². The van der Waals surface area contributed by atoms with E-state index in [2.05, 4.69) is 20.7 Å². The van der Waals surface area contributed by atoms with Gasteiger partial charge in [-0.1, -0.05) is 35.0 Å². The van der Waals surface area contributed by atoms with Crippen molar-refractivity contribution in [2.75, 3.05) is 7.11 Å². The lowest BCUT2D eigenvalue weighted by Crippen LogP contribution is -2.12. The molecular weight excluding hydrogens is 536 g/mol. The summed E-state index contributed by atoms with van der Waals surface area (Å²) in [6, 6.07) is 13.0. The predicted octanol–water partition coefficient (Wildman–Crippen LogP) is 5.34. The Labute approximate surface area is 214 Å². The molecule has 186 valence electrons. The van der Waals surface area contributed by atoms with E-state index in [1.807, 2.05) is 25.1 Å². The summed E-state index contributed by atoms with van der Waals surface area (Å²) < 4.78 is 16.4. The third-order valence-corrected chi connectivity index (χ3v) is 5.91. The monoisotopic (exact) mass is 556 g/mol. The highest BCUT2D eigenvalue weighted by molar-refractivity contribution is 9.10. The van der Waals surface area contributed by atoms with Gasteiger partial charge in [0.25, 0.3) is 0 Å². The molecule has 0 saturated heterocycles. The number of carbonyl (C=O) groups excluding carboxylic acids is 2. The van der Waals surface area contributed by atoms with Crippen molar-refractivity contribution < 1.29 is 43.6 Å². The zero-order valence-corrected chi connectivity index (χ0v) is 20.8. The Kier molecular flexibility index (Phi) is 8.44. The number of rotatable bonds is 9. The summed E-state index contributed by atoms with van der Waals surface area (Å²) in [7, 11) is 1.11. The second-order valence-corrected chi connectivity index (χ2v) is 8.33. The number of aryl methyl sites for hydroxylation is 1. The van der Waals surface area contributed by atoms with Gasteiger partial charge in [0.2, 0.25) is 0 Å². The fraction of sp³-hybridized carbons (Fsp3) is 0.154. The number of halogens is 1. The fourth-order valence-corrected chi connectivity index (χ4v) is 4.03. The lowest BCUT2D eigenvalue weighted by atomic mass is 10.1. The first-order valence-corrected chi connectivity index (χ1v) is 11.4. The van der Waals surface area contributed by atoms with Crippen molar-refractivity contribution in [1.82, 2.24) is 0 Å². The maximum absolute atomic E-state index is 12.6. The summed E-state index contributed by atoms with van der Waals surface area (Å²) >= 11 is 3.47. The summed E-state index contributed by atoms with van der Waals surface area (Å²) in [6.45, 7) is 1.97. The minimum atomic E-state index is -1.38. The zero-order chi connectivity index (χ0) is 26.4. The fourth-order valence-electron chi connectivity index (χ4n) is 3.32. The van der Waals surface area contributed by atoms with E-state index >= 15 is 0 Å². The molecule has 2 N–H and O–H groups in total. The van der Waals surface area contributed by atoms with E-state index in [1.54, 1.807) is 0 Å². The zero-order valence-electron chi connectivity index (χ0n) is 19.2. The van der Waals surface area contributed by atoms with Gasteiger partial charge < -0.3 is 24.4 Å². The molecule has 0 heterocycles. The molecule has 0 spiro atoms. The van der Waals surface area contributed by atoms with Crippen LogP contribution in [0.1, 0.15) is 59.5 Å². The SMILES string of the molecule is CCc1ccc(COC(=O)c2ccc(Oc3ccc(C(=O)O)c(C(=O)OC)c3)cc2C(=O)O)cc1Br. The topological polar surface area (TPSA) is 136 Å². The van der Waals surface area contributed by atoms with Gasteiger partial charge in [-0.3, -0.25) is 0 Å². The van der Waals surface area contributed by atoms with Crippen molar-refractivity contribution in [2.45, 2.75) is 20.0 Å². The highest BCUT2D eigenvalue weighted by atomic mass is 79.9. The lowest BCUT2D eigenvalue weighted by Gasteiger charge is -2.12. The van der Waals surface area contributed by atoms with Crippen LogP contribution >= 0.6 is 15.9 Å². The predicted molar refractivity (Wildman–Crippen MR) is 131 cm³/mol. The van der Waals surface area contributed by atoms with E-state index in [4.69, 9.17) is 9.47 Å². The van der Waals surface area contributed by atoms with Gasteiger partial charge in [-0.2, -0.15) is 0 Å². The summed E-state index contributed by atoms with van der Waals surface area (Å²) in [6.07, 6.45) is 0.838. The molecule has 0 aliphatic heterocycles. The number of hydrogen-bond donors (Lipinski definition) is 2. The Hall–Kier alpha value is -4.18. The van der Waals surface area contributed by atoms with Gasteiger partial charge in [0, 0.05) is 4.47 Å². The van der Waals surface area contributed by atoms with Crippen molar-refractivity contribution in [3.63, 3.8) is 0 Å². The largest absolute Gasteiger partial charge is 0.478 e. The smallest absolute Gasteiger partial charge is 0.339 e. The van der Waals surface area contributed by atoms with E-state index in [0.29, 0.717) is 0 Å². The van der Waals surface area contributed by atoms with E-state index in [1.165, 1.54) is 30.3 Å². The van der Waals surface area contributed by atoms with Crippen LogP contribution in [0.2, 0.25) is 0 Å². The molecule has 0 radical (unpaired) electrons. The molecule has 0 aliphatic carbocycles. The molecule has 10 heteroatoms. The third-order valence-electron chi connectivity index (χ3n) is 5.17. The van der Waals surface area contributed by atoms with Gasteiger partial charge in [0.15, 0.2) is 0 Å². The first-order valence-electron chi connectivity index (χ1n) is 10.6. The molecule has 0 amide bonds. The average molecular weight is 557 g/mol. The Balaban J connectivity index is 1.82. The standard InChI is InChI=1S/C26H21BrO9/c1-3-15-5-4-14(10-22(15)27)13-35-26(33)19-9-7-16(11-20(19)24(30)31)36-17-6-8-18(23(28)29)21(12-17)25(32)34-2/h4-12H,3,13H2,1-2H3,(H,28,29)(H,30,31). The first-order chi connectivity index (χ1) is 17.1. The molecule has 3 rings (SSSR count). The third kappa shape index (κ3) is 6.08. The van der Waals surface area contributed by atoms with Gasteiger partial charge >= 0.3 is 23.9 Å². The molecule has 0 aliphatic rings. The minimum Gasteiger partial charge on any atom is -0.478 e. The van der Waals surface area contributed by atoms with Crippen molar-refractivity contribution in [3.05, 3.63) is 92.5 Å². The maximum Gasteiger partial charge on any atom is 0.339 e. The average Bonchev–Trinajstić information content (AvgIpc) is 2.86. The Morgan fingerprint density at radius 2 is 1.39 bits per heavy atom. The highest BCUT2D eigenvalue weighted by Crippen LogP contribution is 2.28. The van der Waals surface area contributed by atoms with Crippen LogP contribution in [-0.4, -0.2) is 41.2 Å². The molecule has 0 bridgehead atoms. The maximum atomic E-state index is 12.6. The van der Waals surface area contributed by atoms with Crippen LogP contribution in [0.5, 0.6) is 11.5 Å².